The van der Waals surface area contributed by atoms with Gasteiger partial charge in [0.05, 0.1) is 11.7 Å². The fraction of sp³-hybridized carbons (Fsp3) is 0.900. The molecular weight excluding hydrogens is 180 g/mol. The number of nitrogens with two attached hydrogens (primary N) is 1. The van der Waals surface area contributed by atoms with E-state index in [-0.39, 0.29) is 17.5 Å². The van der Waals surface area contributed by atoms with Gasteiger partial charge in [-0.15, -0.1) is 0 Å². The highest BCUT2D eigenvalue weighted by Gasteiger charge is 2.42. The molecule has 80 valence electrons. The van der Waals surface area contributed by atoms with Crippen molar-refractivity contribution in [2.45, 2.75) is 56.7 Å². The SMILES string of the molecule is NC(CC1CCC2(CCCC2)O1)=NO. The van der Waals surface area contributed by atoms with Crippen LogP contribution in [0.4, 0.5) is 0 Å². The molecule has 1 aliphatic carbocycles. The number of ether oxygens (including phenoxy) is 1. The highest BCUT2D eigenvalue weighted by Crippen LogP contribution is 2.43. The number of hydrogen-bond acceptors (Lipinski definition) is 3. The van der Waals surface area contributed by atoms with Crippen LogP contribution >= 0.6 is 0 Å². The maximum atomic E-state index is 8.46. The number of rotatable bonds is 2. The number of hydrogen-bond donors (Lipinski definition) is 2. The molecule has 0 aromatic carbocycles. The van der Waals surface area contributed by atoms with Crippen molar-refractivity contribution in [2.24, 2.45) is 10.9 Å². The van der Waals surface area contributed by atoms with Gasteiger partial charge in [0.15, 0.2) is 0 Å². The Hall–Kier alpha value is -0.770. The number of nitrogens with zero attached hydrogens (tertiary/aromatic N) is 1. The van der Waals surface area contributed by atoms with Crippen molar-refractivity contribution in [3.8, 4) is 0 Å². The van der Waals surface area contributed by atoms with E-state index in [1.807, 2.05) is 0 Å². The quantitative estimate of drug-likeness (QED) is 0.306. The molecule has 2 rings (SSSR count). The molecule has 2 fully saturated rings. The molecule has 1 atom stereocenters. The molecule has 0 aromatic rings. The molecule has 3 N–H and O–H groups in total. The van der Waals surface area contributed by atoms with E-state index in [2.05, 4.69) is 5.16 Å². The summed E-state index contributed by atoms with van der Waals surface area (Å²) < 4.78 is 6.01. The first-order valence-corrected chi connectivity index (χ1v) is 5.38. The summed E-state index contributed by atoms with van der Waals surface area (Å²) in [6.07, 6.45) is 7.90. The van der Waals surface area contributed by atoms with Crippen LogP contribution in [0.15, 0.2) is 5.16 Å². The van der Waals surface area contributed by atoms with Crippen molar-refractivity contribution in [2.75, 3.05) is 0 Å². The second-order valence-electron chi connectivity index (χ2n) is 4.46. The largest absolute Gasteiger partial charge is 0.409 e. The topological polar surface area (TPSA) is 67.8 Å². The molecule has 0 aromatic heterocycles. The summed E-state index contributed by atoms with van der Waals surface area (Å²) in [7, 11) is 0. The molecule has 0 amide bonds. The second kappa shape index (κ2) is 3.77. The van der Waals surface area contributed by atoms with Crippen LogP contribution in [-0.2, 0) is 4.74 Å². The van der Waals surface area contributed by atoms with Crippen LogP contribution in [0.2, 0.25) is 0 Å². The molecule has 1 unspecified atom stereocenters. The fourth-order valence-corrected chi connectivity index (χ4v) is 2.70. The minimum absolute atomic E-state index is 0.153. The Morgan fingerprint density at radius 2 is 2.14 bits per heavy atom. The van der Waals surface area contributed by atoms with Gasteiger partial charge in [0.25, 0.3) is 0 Å². The summed E-state index contributed by atoms with van der Waals surface area (Å²) in [5.41, 5.74) is 5.61. The fourth-order valence-electron chi connectivity index (χ4n) is 2.70. The Labute approximate surface area is 84.1 Å². The van der Waals surface area contributed by atoms with E-state index >= 15 is 0 Å². The Bertz CT molecular complexity index is 234. The van der Waals surface area contributed by atoms with Crippen molar-refractivity contribution in [3.05, 3.63) is 0 Å². The standard InChI is InChI=1S/C10H18N2O2/c11-9(12-13)7-8-3-6-10(14-8)4-1-2-5-10/h8,13H,1-7H2,(H2,11,12). The monoisotopic (exact) mass is 198 g/mol. The van der Waals surface area contributed by atoms with Crippen LogP contribution in [0.25, 0.3) is 0 Å². The van der Waals surface area contributed by atoms with Gasteiger partial charge in [-0.3, -0.25) is 0 Å². The van der Waals surface area contributed by atoms with Gasteiger partial charge in [-0.1, -0.05) is 18.0 Å². The molecule has 0 radical (unpaired) electrons. The third-order valence-electron chi connectivity index (χ3n) is 3.42. The third-order valence-corrected chi connectivity index (χ3v) is 3.42. The van der Waals surface area contributed by atoms with E-state index < -0.39 is 0 Å². The molecular formula is C10H18N2O2. The lowest BCUT2D eigenvalue weighted by molar-refractivity contribution is -0.0332. The van der Waals surface area contributed by atoms with Crippen molar-refractivity contribution >= 4 is 5.84 Å². The van der Waals surface area contributed by atoms with Gasteiger partial charge in [-0.05, 0) is 25.7 Å². The molecule has 1 heterocycles. The zero-order chi connectivity index (χ0) is 10.0. The van der Waals surface area contributed by atoms with E-state index in [0.717, 1.165) is 12.8 Å². The van der Waals surface area contributed by atoms with Gasteiger partial charge in [0.2, 0.25) is 0 Å². The molecule has 0 bridgehead atoms. The molecule has 1 saturated heterocycles. The maximum absolute atomic E-state index is 8.46. The van der Waals surface area contributed by atoms with Gasteiger partial charge >= 0.3 is 0 Å². The molecule has 2 aliphatic rings. The van der Waals surface area contributed by atoms with Gasteiger partial charge in [-0.2, -0.15) is 0 Å². The number of oxime groups is 1. The summed E-state index contributed by atoms with van der Waals surface area (Å²) in [6, 6.07) is 0. The zero-order valence-electron chi connectivity index (χ0n) is 8.41. The van der Waals surface area contributed by atoms with Gasteiger partial charge in [-0.25, -0.2) is 0 Å². The third kappa shape index (κ3) is 1.85. The minimum Gasteiger partial charge on any atom is -0.409 e. The lowest BCUT2D eigenvalue weighted by Crippen LogP contribution is -2.27. The van der Waals surface area contributed by atoms with E-state index in [4.69, 9.17) is 15.7 Å². The molecule has 1 saturated carbocycles. The van der Waals surface area contributed by atoms with Crippen molar-refractivity contribution in [1.29, 1.82) is 0 Å². The second-order valence-corrected chi connectivity index (χ2v) is 4.46. The lowest BCUT2D eigenvalue weighted by atomic mass is 9.98. The summed E-state index contributed by atoms with van der Waals surface area (Å²) in [5, 5.41) is 11.4. The normalized spacial score (nSPS) is 31.4. The zero-order valence-corrected chi connectivity index (χ0v) is 8.41. The van der Waals surface area contributed by atoms with Gasteiger partial charge in [0, 0.05) is 6.42 Å². The van der Waals surface area contributed by atoms with E-state index in [0.29, 0.717) is 6.42 Å². The van der Waals surface area contributed by atoms with E-state index in [1.54, 1.807) is 0 Å². The van der Waals surface area contributed by atoms with Crippen LogP contribution in [0.3, 0.4) is 0 Å². The first kappa shape index (κ1) is 9.77. The Balaban J connectivity index is 1.88. The molecule has 1 spiro atoms. The first-order valence-electron chi connectivity index (χ1n) is 5.38. The van der Waals surface area contributed by atoms with Crippen LogP contribution in [-0.4, -0.2) is 22.7 Å². The first-order chi connectivity index (χ1) is 6.74. The smallest absolute Gasteiger partial charge is 0.141 e. The molecule has 4 heteroatoms. The Morgan fingerprint density at radius 3 is 2.79 bits per heavy atom. The van der Waals surface area contributed by atoms with Gasteiger partial charge < -0.3 is 15.7 Å². The summed E-state index contributed by atoms with van der Waals surface area (Å²) >= 11 is 0. The van der Waals surface area contributed by atoms with E-state index in [9.17, 15) is 0 Å². The summed E-state index contributed by atoms with van der Waals surface area (Å²) in [4.78, 5) is 0. The molecule has 14 heavy (non-hydrogen) atoms. The minimum atomic E-state index is 0.153. The molecule has 4 nitrogen and oxygen atoms in total. The van der Waals surface area contributed by atoms with Crippen LogP contribution in [0.1, 0.15) is 44.9 Å². The average molecular weight is 198 g/mol. The Kier molecular flexibility index (Phi) is 2.63. The maximum Gasteiger partial charge on any atom is 0.141 e. The van der Waals surface area contributed by atoms with Crippen molar-refractivity contribution in [1.82, 2.24) is 0 Å². The summed E-state index contributed by atoms with van der Waals surface area (Å²) in [6.45, 7) is 0. The van der Waals surface area contributed by atoms with Crippen LogP contribution in [0.5, 0.6) is 0 Å². The highest BCUT2D eigenvalue weighted by molar-refractivity contribution is 5.80. The van der Waals surface area contributed by atoms with Gasteiger partial charge in [0.1, 0.15) is 5.84 Å². The predicted molar refractivity (Wildman–Crippen MR) is 53.3 cm³/mol. The predicted octanol–water partition coefficient (Wildman–Crippen LogP) is 1.61. The van der Waals surface area contributed by atoms with Crippen molar-refractivity contribution < 1.29 is 9.94 Å². The summed E-state index contributed by atoms with van der Waals surface area (Å²) in [5.74, 6) is 0.282. The van der Waals surface area contributed by atoms with Crippen LogP contribution in [0, 0.1) is 0 Å². The average Bonchev–Trinajstić information content (AvgIpc) is 2.78. The van der Waals surface area contributed by atoms with Crippen molar-refractivity contribution in [3.63, 3.8) is 0 Å². The molecule has 1 aliphatic heterocycles. The lowest BCUT2D eigenvalue weighted by Gasteiger charge is -2.23. The highest BCUT2D eigenvalue weighted by atomic mass is 16.5. The van der Waals surface area contributed by atoms with E-state index in [1.165, 1.54) is 25.7 Å². The Morgan fingerprint density at radius 1 is 1.43 bits per heavy atom. The van der Waals surface area contributed by atoms with Crippen LogP contribution < -0.4 is 5.73 Å². The number of amidine groups is 1.